The number of nitrogens with one attached hydrogen (secondary N) is 1. The monoisotopic (exact) mass is 390 g/mol. The van der Waals surface area contributed by atoms with Crippen molar-refractivity contribution < 1.29 is 17.9 Å². The molecule has 2 rings (SSSR count). The van der Waals surface area contributed by atoms with Gasteiger partial charge in [-0.2, -0.15) is 0 Å². The number of sulfonamides is 1. The number of hydrogen-bond acceptors (Lipinski definition) is 4. The third-order valence-corrected chi connectivity index (χ3v) is 6.02. The fourth-order valence-electron chi connectivity index (χ4n) is 2.58. The largest absolute Gasteiger partial charge is 0.483 e. The standard InChI is InChI=1S/C20H26N2O4S/c1-15(2)17-10-6-7-11-18(17)26-14-20(23)21-13-16-9-5-8-12-19(16)27(24,25)22(3)4/h5-12,15H,13-14H2,1-4H3,(H,21,23). The molecule has 0 saturated heterocycles. The number of carbonyl (C=O) groups excluding carboxylic acids is 1. The van der Waals surface area contributed by atoms with E-state index < -0.39 is 10.0 Å². The van der Waals surface area contributed by atoms with Gasteiger partial charge in [-0.15, -0.1) is 0 Å². The first-order valence-electron chi connectivity index (χ1n) is 8.72. The van der Waals surface area contributed by atoms with Crippen LogP contribution in [0.15, 0.2) is 53.4 Å². The Morgan fingerprint density at radius 1 is 1.07 bits per heavy atom. The quantitative estimate of drug-likeness (QED) is 0.752. The Labute approximate surface area is 161 Å². The number of benzene rings is 2. The van der Waals surface area contributed by atoms with Gasteiger partial charge in [0.05, 0.1) is 4.90 Å². The summed E-state index contributed by atoms with van der Waals surface area (Å²) in [6.45, 7) is 4.10. The smallest absolute Gasteiger partial charge is 0.258 e. The maximum atomic E-state index is 12.4. The molecule has 0 heterocycles. The molecular weight excluding hydrogens is 364 g/mol. The number of para-hydroxylation sites is 1. The molecule has 0 aromatic heterocycles. The molecule has 0 aliphatic heterocycles. The van der Waals surface area contributed by atoms with Crippen molar-refractivity contribution in [2.75, 3.05) is 20.7 Å². The third kappa shape index (κ3) is 5.30. The van der Waals surface area contributed by atoms with Crippen molar-refractivity contribution in [3.63, 3.8) is 0 Å². The average Bonchev–Trinajstić information content (AvgIpc) is 2.64. The zero-order chi connectivity index (χ0) is 20.0. The van der Waals surface area contributed by atoms with Crippen LogP contribution in [0, 0.1) is 0 Å². The van der Waals surface area contributed by atoms with Crippen molar-refractivity contribution in [3.8, 4) is 5.75 Å². The topological polar surface area (TPSA) is 75.7 Å². The van der Waals surface area contributed by atoms with E-state index in [9.17, 15) is 13.2 Å². The summed E-state index contributed by atoms with van der Waals surface area (Å²) >= 11 is 0. The third-order valence-electron chi connectivity index (χ3n) is 4.11. The lowest BCUT2D eigenvalue weighted by Gasteiger charge is -2.16. The van der Waals surface area contributed by atoms with Gasteiger partial charge in [-0.25, -0.2) is 12.7 Å². The summed E-state index contributed by atoms with van der Waals surface area (Å²) in [7, 11) is -0.621. The van der Waals surface area contributed by atoms with Gasteiger partial charge >= 0.3 is 0 Å². The van der Waals surface area contributed by atoms with Crippen molar-refractivity contribution in [2.45, 2.75) is 31.2 Å². The first-order valence-corrected chi connectivity index (χ1v) is 10.2. The maximum absolute atomic E-state index is 12.4. The van der Waals surface area contributed by atoms with Gasteiger partial charge in [0.1, 0.15) is 5.75 Å². The van der Waals surface area contributed by atoms with Crippen LogP contribution < -0.4 is 10.1 Å². The molecule has 0 fully saturated rings. The van der Waals surface area contributed by atoms with Crippen molar-refractivity contribution in [2.24, 2.45) is 0 Å². The second-order valence-electron chi connectivity index (χ2n) is 6.65. The summed E-state index contributed by atoms with van der Waals surface area (Å²) in [5, 5.41) is 2.72. The van der Waals surface area contributed by atoms with Gasteiger partial charge in [0.15, 0.2) is 6.61 Å². The molecule has 7 heteroatoms. The molecule has 1 N–H and O–H groups in total. The lowest BCUT2D eigenvalue weighted by molar-refractivity contribution is -0.123. The van der Waals surface area contributed by atoms with E-state index in [2.05, 4.69) is 19.2 Å². The summed E-state index contributed by atoms with van der Waals surface area (Å²) in [4.78, 5) is 12.4. The second-order valence-corrected chi connectivity index (χ2v) is 8.77. The van der Waals surface area contributed by atoms with E-state index in [0.29, 0.717) is 11.3 Å². The highest BCUT2D eigenvalue weighted by molar-refractivity contribution is 7.89. The minimum absolute atomic E-state index is 0.108. The van der Waals surface area contributed by atoms with Crippen LogP contribution in [0.25, 0.3) is 0 Å². The molecule has 0 unspecified atom stereocenters. The van der Waals surface area contributed by atoms with Crippen LogP contribution in [0.4, 0.5) is 0 Å². The number of ether oxygens (including phenoxy) is 1. The predicted octanol–water partition coefficient (Wildman–Crippen LogP) is 2.76. The second kappa shape index (κ2) is 9.01. The van der Waals surface area contributed by atoms with Gasteiger partial charge in [-0.1, -0.05) is 50.2 Å². The Hall–Kier alpha value is -2.38. The molecule has 6 nitrogen and oxygen atoms in total. The highest BCUT2D eigenvalue weighted by atomic mass is 32.2. The normalized spacial score (nSPS) is 11.6. The zero-order valence-electron chi connectivity index (χ0n) is 16.1. The van der Waals surface area contributed by atoms with Crippen LogP contribution in [-0.2, 0) is 21.4 Å². The van der Waals surface area contributed by atoms with Gasteiger partial charge < -0.3 is 10.1 Å². The summed E-state index contributed by atoms with van der Waals surface area (Å²) in [6, 6.07) is 14.2. The first-order chi connectivity index (χ1) is 12.7. The Bertz CT molecular complexity index is 892. The average molecular weight is 391 g/mol. The van der Waals surface area contributed by atoms with Crippen molar-refractivity contribution in [1.29, 1.82) is 0 Å². The van der Waals surface area contributed by atoms with E-state index >= 15 is 0 Å². The minimum Gasteiger partial charge on any atom is -0.483 e. The lowest BCUT2D eigenvalue weighted by atomic mass is 10.0. The van der Waals surface area contributed by atoms with Gasteiger partial charge in [0.25, 0.3) is 5.91 Å². The van der Waals surface area contributed by atoms with E-state index in [-0.39, 0.29) is 29.9 Å². The number of carbonyl (C=O) groups is 1. The van der Waals surface area contributed by atoms with E-state index in [0.717, 1.165) is 9.87 Å². The minimum atomic E-state index is -3.58. The van der Waals surface area contributed by atoms with E-state index in [1.807, 2.05) is 24.3 Å². The summed E-state index contributed by atoms with van der Waals surface area (Å²) in [6.07, 6.45) is 0. The summed E-state index contributed by atoms with van der Waals surface area (Å²) < 4.78 is 31.6. The lowest BCUT2D eigenvalue weighted by Crippen LogP contribution is -2.30. The summed E-state index contributed by atoms with van der Waals surface area (Å²) in [5.74, 6) is 0.649. The molecule has 0 atom stereocenters. The highest BCUT2D eigenvalue weighted by Crippen LogP contribution is 2.25. The van der Waals surface area contributed by atoms with Gasteiger partial charge in [-0.3, -0.25) is 4.79 Å². The first kappa shape index (κ1) is 20.9. The van der Waals surface area contributed by atoms with E-state index in [4.69, 9.17) is 4.74 Å². The Balaban J connectivity index is 2.02. The molecule has 0 aliphatic rings. The Morgan fingerprint density at radius 2 is 1.70 bits per heavy atom. The van der Waals surface area contributed by atoms with Crippen molar-refractivity contribution in [1.82, 2.24) is 9.62 Å². The Kier molecular flexibility index (Phi) is 6.98. The fourth-order valence-corrected chi connectivity index (χ4v) is 3.69. The van der Waals surface area contributed by atoms with Crippen LogP contribution in [0.1, 0.15) is 30.9 Å². The molecule has 2 aromatic carbocycles. The maximum Gasteiger partial charge on any atom is 0.258 e. The summed E-state index contributed by atoms with van der Waals surface area (Å²) in [5.41, 5.74) is 1.56. The number of rotatable bonds is 8. The molecule has 0 bridgehead atoms. The van der Waals surface area contributed by atoms with Gasteiger partial charge in [0, 0.05) is 20.6 Å². The van der Waals surface area contributed by atoms with Crippen LogP contribution >= 0.6 is 0 Å². The van der Waals surface area contributed by atoms with Crippen molar-refractivity contribution in [3.05, 3.63) is 59.7 Å². The van der Waals surface area contributed by atoms with E-state index in [1.54, 1.807) is 18.2 Å². The Morgan fingerprint density at radius 3 is 2.37 bits per heavy atom. The molecular formula is C20H26N2O4S. The molecule has 1 amide bonds. The molecule has 2 aromatic rings. The number of hydrogen-bond donors (Lipinski definition) is 1. The van der Waals surface area contributed by atoms with Crippen molar-refractivity contribution >= 4 is 15.9 Å². The molecule has 27 heavy (non-hydrogen) atoms. The zero-order valence-corrected chi connectivity index (χ0v) is 16.9. The van der Waals surface area contributed by atoms with Crippen LogP contribution in [0.2, 0.25) is 0 Å². The highest BCUT2D eigenvalue weighted by Gasteiger charge is 2.20. The fraction of sp³-hybridized carbons (Fsp3) is 0.350. The van der Waals surface area contributed by atoms with Crippen LogP contribution in [-0.4, -0.2) is 39.3 Å². The molecule has 0 aliphatic carbocycles. The van der Waals surface area contributed by atoms with E-state index in [1.165, 1.54) is 20.2 Å². The van der Waals surface area contributed by atoms with Crippen LogP contribution in [0.3, 0.4) is 0 Å². The number of amides is 1. The molecule has 0 spiro atoms. The number of nitrogens with zero attached hydrogens (tertiary/aromatic N) is 1. The molecule has 0 radical (unpaired) electrons. The predicted molar refractivity (Wildman–Crippen MR) is 105 cm³/mol. The van der Waals surface area contributed by atoms with Gasteiger partial charge in [-0.05, 0) is 29.2 Å². The molecule has 0 saturated carbocycles. The SMILES string of the molecule is CC(C)c1ccccc1OCC(=O)NCc1ccccc1S(=O)(=O)N(C)C. The van der Waals surface area contributed by atoms with Crippen LogP contribution in [0.5, 0.6) is 5.75 Å². The van der Waals surface area contributed by atoms with Gasteiger partial charge in [0.2, 0.25) is 10.0 Å². The molecule has 146 valence electrons.